The molecule has 0 radical (unpaired) electrons. The Morgan fingerprint density at radius 3 is 2.90 bits per heavy atom. The molecule has 0 fully saturated rings. The molecular formula is C16H19ClN2O2. The van der Waals surface area contributed by atoms with Crippen LogP contribution in [-0.2, 0) is 9.53 Å². The molecule has 0 saturated carbocycles. The van der Waals surface area contributed by atoms with Crippen molar-refractivity contribution >= 4 is 28.5 Å². The minimum absolute atomic E-state index is 0.291. The third-order valence-electron chi connectivity index (χ3n) is 3.18. The fraction of sp³-hybridized carbons (Fsp3) is 0.375. The van der Waals surface area contributed by atoms with Crippen LogP contribution in [0.4, 0.5) is 0 Å². The first-order chi connectivity index (χ1) is 10.2. The zero-order chi connectivity index (χ0) is 15.2. The molecule has 0 aliphatic rings. The zero-order valence-electron chi connectivity index (χ0n) is 12.2. The van der Waals surface area contributed by atoms with Crippen molar-refractivity contribution in [3.05, 3.63) is 41.0 Å². The molecule has 0 amide bonds. The maximum absolute atomic E-state index is 12.2. The molecule has 5 heteroatoms. The van der Waals surface area contributed by atoms with Gasteiger partial charge in [0.05, 0.1) is 12.1 Å². The van der Waals surface area contributed by atoms with Gasteiger partial charge in [0.15, 0.2) is 0 Å². The van der Waals surface area contributed by atoms with E-state index in [4.69, 9.17) is 16.3 Å². The van der Waals surface area contributed by atoms with Crippen molar-refractivity contribution in [2.45, 2.75) is 26.3 Å². The molecule has 2 aromatic rings. The highest BCUT2D eigenvalue weighted by Crippen LogP contribution is 2.29. The van der Waals surface area contributed by atoms with Crippen molar-refractivity contribution in [1.29, 1.82) is 0 Å². The van der Waals surface area contributed by atoms with Gasteiger partial charge in [-0.2, -0.15) is 0 Å². The van der Waals surface area contributed by atoms with Crippen molar-refractivity contribution in [2.24, 2.45) is 0 Å². The first-order valence-corrected chi connectivity index (χ1v) is 7.50. The molecule has 21 heavy (non-hydrogen) atoms. The summed E-state index contributed by atoms with van der Waals surface area (Å²) < 4.78 is 5.17. The van der Waals surface area contributed by atoms with E-state index in [2.05, 4.69) is 10.3 Å². The predicted molar refractivity (Wildman–Crippen MR) is 84.4 cm³/mol. The summed E-state index contributed by atoms with van der Waals surface area (Å²) in [7, 11) is 0. The number of halogens is 1. The van der Waals surface area contributed by atoms with Crippen LogP contribution >= 0.6 is 11.6 Å². The standard InChI is InChI=1S/C16H19ClN2O2/c1-3-9-18-15(16(20)21-4-2)12-7-8-13(17)11-6-5-10-19-14(11)12/h5-8,10,15,18H,3-4,9H2,1-2H3. The van der Waals surface area contributed by atoms with Gasteiger partial charge in [0, 0.05) is 22.2 Å². The van der Waals surface area contributed by atoms with Gasteiger partial charge in [0.2, 0.25) is 0 Å². The number of fused-ring (bicyclic) bond motifs is 1. The molecule has 0 aliphatic heterocycles. The Labute approximate surface area is 129 Å². The van der Waals surface area contributed by atoms with Crippen LogP contribution in [0.3, 0.4) is 0 Å². The molecule has 1 atom stereocenters. The average molecular weight is 307 g/mol. The summed E-state index contributed by atoms with van der Waals surface area (Å²) in [6, 6.07) is 6.83. The number of hydrogen-bond donors (Lipinski definition) is 1. The van der Waals surface area contributed by atoms with Gasteiger partial charge in [-0.15, -0.1) is 0 Å². The van der Waals surface area contributed by atoms with Gasteiger partial charge in [-0.25, -0.2) is 4.79 Å². The van der Waals surface area contributed by atoms with Crippen LogP contribution in [0.25, 0.3) is 10.9 Å². The van der Waals surface area contributed by atoms with Gasteiger partial charge in [-0.1, -0.05) is 24.6 Å². The number of hydrogen-bond acceptors (Lipinski definition) is 4. The fourth-order valence-electron chi connectivity index (χ4n) is 2.23. The summed E-state index contributed by atoms with van der Waals surface area (Å²) in [5.74, 6) is -0.291. The summed E-state index contributed by atoms with van der Waals surface area (Å²) in [6.07, 6.45) is 2.62. The molecule has 1 heterocycles. The first kappa shape index (κ1) is 15.7. The second-order valence-corrected chi connectivity index (χ2v) is 5.08. The molecule has 112 valence electrons. The molecule has 1 aromatic heterocycles. The molecule has 1 unspecified atom stereocenters. The Kier molecular flexibility index (Phi) is 5.53. The monoisotopic (exact) mass is 306 g/mol. The van der Waals surface area contributed by atoms with Gasteiger partial charge < -0.3 is 10.1 Å². The SMILES string of the molecule is CCCNC(C(=O)OCC)c1ccc(Cl)c2cccnc12. The largest absolute Gasteiger partial charge is 0.465 e. The van der Waals surface area contributed by atoms with E-state index in [0.717, 1.165) is 29.4 Å². The number of carbonyl (C=O) groups is 1. The van der Waals surface area contributed by atoms with Gasteiger partial charge in [0.25, 0.3) is 0 Å². The Balaban J connectivity index is 2.48. The number of benzene rings is 1. The Morgan fingerprint density at radius 2 is 2.19 bits per heavy atom. The topological polar surface area (TPSA) is 51.2 Å². The Bertz CT molecular complexity index is 631. The Morgan fingerprint density at radius 1 is 1.38 bits per heavy atom. The van der Waals surface area contributed by atoms with Crippen LogP contribution in [0.1, 0.15) is 31.9 Å². The van der Waals surface area contributed by atoms with Crippen molar-refractivity contribution in [2.75, 3.05) is 13.2 Å². The van der Waals surface area contributed by atoms with E-state index >= 15 is 0 Å². The number of pyridine rings is 1. The highest BCUT2D eigenvalue weighted by atomic mass is 35.5. The van der Waals surface area contributed by atoms with Crippen molar-refractivity contribution in [1.82, 2.24) is 10.3 Å². The fourth-order valence-corrected chi connectivity index (χ4v) is 2.44. The summed E-state index contributed by atoms with van der Waals surface area (Å²) in [5, 5.41) is 4.69. The molecule has 2 rings (SSSR count). The lowest BCUT2D eigenvalue weighted by Gasteiger charge is -2.19. The molecule has 1 aromatic carbocycles. The molecule has 0 spiro atoms. The second-order valence-electron chi connectivity index (χ2n) is 4.68. The summed E-state index contributed by atoms with van der Waals surface area (Å²) in [6.45, 7) is 4.92. The van der Waals surface area contributed by atoms with Crippen LogP contribution in [0.5, 0.6) is 0 Å². The number of nitrogens with zero attached hydrogens (tertiary/aromatic N) is 1. The number of nitrogens with one attached hydrogen (secondary N) is 1. The molecule has 1 N–H and O–H groups in total. The van der Waals surface area contributed by atoms with Gasteiger partial charge >= 0.3 is 5.97 Å². The molecule has 0 bridgehead atoms. The van der Waals surface area contributed by atoms with Crippen molar-refractivity contribution in [3.8, 4) is 0 Å². The quantitative estimate of drug-likeness (QED) is 0.830. The van der Waals surface area contributed by atoms with Crippen LogP contribution in [0.2, 0.25) is 5.02 Å². The normalized spacial score (nSPS) is 12.3. The van der Waals surface area contributed by atoms with E-state index in [0.29, 0.717) is 11.6 Å². The van der Waals surface area contributed by atoms with Gasteiger partial charge in [-0.3, -0.25) is 4.98 Å². The van der Waals surface area contributed by atoms with E-state index in [1.165, 1.54) is 0 Å². The smallest absolute Gasteiger partial charge is 0.327 e. The molecule has 0 saturated heterocycles. The lowest BCUT2D eigenvalue weighted by Crippen LogP contribution is -2.31. The number of aromatic nitrogens is 1. The first-order valence-electron chi connectivity index (χ1n) is 7.12. The summed E-state index contributed by atoms with van der Waals surface area (Å²) in [5.41, 5.74) is 1.52. The molecular weight excluding hydrogens is 288 g/mol. The predicted octanol–water partition coefficient (Wildman–Crippen LogP) is 3.49. The van der Waals surface area contributed by atoms with E-state index < -0.39 is 6.04 Å². The average Bonchev–Trinajstić information content (AvgIpc) is 2.50. The number of rotatable bonds is 6. The van der Waals surface area contributed by atoms with Gasteiger partial charge in [-0.05, 0) is 38.1 Å². The maximum atomic E-state index is 12.2. The Hall–Kier alpha value is -1.65. The van der Waals surface area contributed by atoms with E-state index in [9.17, 15) is 4.79 Å². The molecule has 4 nitrogen and oxygen atoms in total. The minimum Gasteiger partial charge on any atom is -0.465 e. The van der Waals surface area contributed by atoms with Crippen LogP contribution in [0.15, 0.2) is 30.5 Å². The zero-order valence-corrected chi connectivity index (χ0v) is 13.0. The van der Waals surface area contributed by atoms with E-state index in [-0.39, 0.29) is 5.97 Å². The number of esters is 1. The lowest BCUT2D eigenvalue weighted by molar-refractivity contribution is -0.145. The third kappa shape index (κ3) is 3.52. The highest BCUT2D eigenvalue weighted by Gasteiger charge is 2.24. The van der Waals surface area contributed by atoms with Crippen molar-refractivity contribution in [3.63, 3.8) is 0 Å². The van der Waals surface area contributed by atoms with Crippen molar-refractivity contribution < 1.29 is 9.53 Å². The minimum atomic E-state index is -0.528. The van der Waals surface area contributed by atoms with Crippen LogP contribution in [-0.4, -0.2) is 24.1 Å². The highest BCUT2D eigenvalue weighted by molar-refractivity contribution is 6.35. The summed E-state index contributed by atoms with van der Waals surface area (Å²) in [4.78, 5) is 16.6. The molecule has 0 aliphatic carbocycles. The van der Waals surface area contributed by atoms with E-state index in [1.807, 2.05) is 25.1 Å². The third-order valence-corrected chi connectivity index (χ3v) is 3.51. The number of carbonyl (C=O) groups excluding carboxylic acids is 1. The van der Waals surface area contributed by atoms with E-state index in [1.54, 1.807) is 19.2 Å². The van der Waals surface area contributed by atoms with Gasteiger partial charge in [0.1, 0.15) is 6.04 Å². The maximum Gasteiger partial charge on any atom is 0.327 e. The number of ether oxygens (including phenoxy) is 1. The lowest BCUT2D eigenvalue weighted by atomic mass is 10.0. The second kappa shape index (κ2) is 7.38. The van der Waals surface area contributed by atoms with Crippen LogP contribution < -0.4 is 5.32 Å². The summed E-state index contributed by atoms with van der Waals surface area (Å²) >= 11 is 6.20. The van der Waals surface area contributed by atoms with Crippen LogP contribution in [0, 0.1) is 0 Å².